The Kier molecular flexibility index (Phi) is 5.95. The second kappa shape index (κ2) is 7.24. The Bertz CT molecular complexity index is 410. The first kappa shape index (κ1) is 14.8. The van der Waals surface area contributed by atoms with Crippen LogP contribution in [0.3, 0.4) is 0 Å². The van der Waals surface area contributed by atoms with Gasteiger partial charge in [0, 0.05) is 13.6 Å². The molecule has 0 saturated heterocycles. The minimum Gasteiger partial charge on any atom is -0.392 e. The van der Waals surface area contributed by atoms with E-state index in [-0.39, 0.29) is 19.1 Å². The molecule has 0 aliphatic carbocycles. The number of carbonyl (C=O) groups excluding carboxylic acids is 1. The summed E-state index contributed by atoms with van der Waals surface area (Å²) in [5.41, 5.74) is 1.58. The van der Waals surface area contributed by atoms with Crippen LogP contribution in [0.15, 0.2) is 18.2 Å². The fourth-order valence-corrected chi connectivity index (χ4v) is 2.03. The maximum atomic E-state index is 11.5. The number of amides is 1. The highest BCUT2D eigenvalue weighted by Gasteiger charge is 2.13. The van der Waals surface area contributed by atoms with E-state index in [0.29, 0.717) is 5.02 Å². The van der Waals surface area contributed by atoms with Crippen molar-refractivity contribution in [1.82, 2.24) is 5.32 Å². The molecule has 0 unspecified atom stereocenters. The summed E-state index contributed by atoms with van der Waals surface area (Å²) in [5, 5.41) is 12.2. The smallest absolute Gasteiger partial charge is 0.239 e. The van der Waals surface area contributed by atoms with Crippen LogP contribution in [-0.2, 0) is 11.4 Å². The van der Waals surface area contributed by atoms with Crippen molar-refractivity contribution in [2.45, 2.75) is 20.0 Å². The number of likely N-dealkylation sites (N-methyl/N-ethyl adjacent to an activating group) is 1. The van der Waals surface area contributed by atoms with Crippen molar-refractivity contribution in [1.29, 1.82) is 0 Å². The zero-order valence-corrected chi connectivity index (χ0v) is 11.5. The quantitative estimate of drug-likeness (QED) is 0.829. The summed E-state index contributed by atoms with van der Waals surface area (Å²) in [5.74, 6) is -0.0502. The number of halogens is 1. The van der Waals surface area contributed by atoms with E-state index in [1.807, 2.05) is 24.0 Å². The summed E-state index contributed by atoms with van der Waals surface area (Å²) < 4.78 is 0. The zero-order chi connectivity index (χ0) is 13.5. The van der Waals surface area contributed by atoms with Crippen molar-refractivity contribution < 1.29 is 9.90 Å². The van der Waals surface area contributed by atoms with Gasteiger partial charge in [0.1, 0.15) is 0 Å². The van der Waals surface area contributed by atoms with Crippen molar-refractivity contribution in [3.05, 3.63) is 28.8 Å². The molecule has 0 atom stereocenters. The van der Waals surface area contributed by atoms with E-state index >= 15 is 0 Å². The molecule has 100 valence electrons. The Balaban J connectivity index is 2.94. The van der Waals surface area contributed by atoms with Crippen LogP contribution in [0.4, 0.5) is 5.69 Å². The zero-order valence-electron chi connectivity index (χ0n) is 10.7. The Morgan fingerprint density at radius 3 is 2.72 bits per heavy atom. The fourth-order valence-electron chi connectivity index (χ4n) is 1.71. The molecule has 0 heterocycles. The Labute approximate surface area is 113 Å². The molecule has 0 aliphatic rings. The van der Waals surface area contributed by atoms with Crippen molar-refractivity contribution in [2.24, 2.45) is 0 Å². The molecule has 1 aromatic rings. The average Bonchev–Trinajstić information content (AvgIpc) is 2.38. The minimum absolute atomic E-state index is 0.0385. The molecule has 2 N–H and O–H groups in total. The van der Waals surface area contributed by atoms with E-state index in [9.17, 15) is 4.79 Å². The molecule has 0 fully saturated rings. The van der Waals surface area contributed by atoms with Gasteiger partial charge >= 0.3 is 0 Å². The lowest BCUT2D eigenvalue weighted by Gasteiger charge is -2.24. The van der Waals surface area contributed by atoms with Gasteiger partial charge in [-0.3, -0.25) is 4.79 Å². The molecule has 1 rings (SSSR count). The molecule has 1 amide bonds. The predicted molar refractivity (Wildman–Crippen MR) is 73.9 cm³/mol. The van der Waals surface area contributed by atoms with Gasteiger partial charge in [-0.05, 0) is 24.1 Å². The molecule has 4 nitrogen and oxygen atoms in total. The van der Waals surface area contributed by atoms with E-state index in [0.717, 1.165) is 24.2 Å². The topological polar surface area (TPSA) is 52.6 Å². The monoisotopic (exact) mass is 270 g/mol. The molecule has 0 bridgehead atoms. The molecule has 0 spiro atoms. The van der Waals surface area contributed by atoms with Crippen LogP contribution in [0.2, 0.25) is 5.02 Å². The number of hydrogen-bond acceptors (Lipinski definition) is 3. The molecule has 0 aromatic heterocycles. The van der Waals surface area contributed by atoms with Crippen molar-refractivity contribution in [2.75, 3.05) is 25.0 Å². The van der Waals surface area contributed by atoms with Crippen LogP contribution in [0.5, 0.6) is 0 Å². The largest absolute Gasteiger partial charge is 0.392 e. The highest BCUT2D eigenvalue weighted by molar-refractivity contribution is 6.33. The van der Waals surface area contributed by atoms with E-state index < -0.39 is 0 Å². The summed E-state index contributed by atoms with van der Waals surface area (Å²) in [6.45, 7) is 3.05. The van der Waals surface area contributed by atoms with Gasteiger partial charge in [-0.25, -0.2) is 0 Å². The number of aliphatic hydroxyl groups is 1. The average molecular weight is 271 g/mol. The first-order valence-corrected chi connectivity index (χ1v) is 6.35. The highest BCUT2D eigenvalue weighted by atomic mass is 35.5. The van der Waals surface area contributed by atoms with E-state index in [2.05, 4.69) is 5.32 Å². The summed E-state index contributed by atoms with van der Waals surface area (Å²) in [6, 6.07) is 5.38. The van der Waals surface area contributed by atoms with Gasteiger partial charge in [-0.15, -0.1) is 0 Å². The fraction of sp³-hybridized carbons (Fsp3) is 0.462. The van der Waals surface area contributed by atoms with Gasteiger partial charge in [0.15, 0.2) is 0 Å². The maximum Gasteiger partial charge on any atom is 0.239 e. The maximum absolute atomic E-state index is 11.5. The normalized spacial score (nSPS) is 10.2. The molecule has 1 aromatic carbocycles. The Morgan fingerprint density at radius 2 is 2.22 bits per heavy atom. The highest BCUT2D eigenvalue weighted by Crippen LogP contribution is 2.27. The van der Waals surface area contributed by atoms with Gasteiger partial charge in [-0.2, -0.15) is 0 Å². The second-order valence-corrected chi connectivity index (χ2v) is 4.45. The van der Waals surface area contributed by atoms with Crippen molar-refractivity contribution >= 4 is 23.2 Å². The molecular weight excluding hydrogens is 252 g/mol. The lowest BCUT2D eigenvalue weighted by atomic mass is 10.2. The summed E-state index contributed by atoms with van der Waals surface area (Å²) in [6.07, 6.45) is 0.926. The number of benzene rings is 1. The van der Waals surface area contributed by atoms with Crippen LogP contribution >= 0.6 is 11.6 Å². The number of anilines is 1. The molecule has 18 heavy (non-hydrogen) atoms. The minimum atomic E-state index is -0.0502. The van der Waals surface area contributed by atoms with E-state index in [1.165, 1.54) is 0 Å². The molecule has 0 saturated carbocycles. The van der Waals surface area contributed by atoms with Crippen LogP contribution in [0, 0.1) is 0 Å². The van der Waals surface area contributed by atoms with Crippen molar-refractivity contribution in [3.8, 4) is 0 Å². The first-order chi connectivity index (χ1) is 8.62. The molecule has 5 heteroatoms. The van der Waals surface area contributed by atoms with Crippen LogP contribution in [0.25, 0.3) is 0 Å². The SMILES string of the molecule is CCCN(CC(=O)NC)c1ccc(CO)cc1Cl. The lowest BCUT2D eigenvalue weighted by Crippen LogP contribution is -2.36. The van der Waals surface area contributed by atoms with Crippen LogP contribution in [-0.4, -0.2) is 31.2 Å². The van der Waals surface area contributed by atoms with Crippen molar-refractivity contribution in [3.63, 3.8) is 0 Å². The molecule has 0 radical (unpaired) electrons. The predicted octanol–water partition coefficient (Wildman–Crippen LogP) is 1.79. The Morgan fingerprint density at radius 1 is 1.50 bits per heavy atom. The van der Waals surface area contributed by atoms with E-state index in [1.54, 1.807) is 13.1 Å². The summed E-state index contributed by atoms with van der Waals surface area (Å²) >= 11 is 6.18. The molecular formula is C13H19ClN2O2. The standard InChI is InChI=1S/C13H19ClN2O2/c1-3-6-16(8-13(18)15-2)12-5-4-10(9-17)7-11(12)14/h4-5,7,17H,3,6,8-9H2,1-2H3,(H,15,18). The number of carbonyl (C=O) groups is 1. The van der Waals surface area contributed by atoms with Crippen LogP contribution in [0.1, 0.15) is 18.9 Å². The third-order valence-corrected chi connectivity index (χ3v) is 2.94. The lowest BCUT2D eigenvalue weighted by molar-refractivity contribution is -0.119. The first-order valence-electron chi connectivity index (χ1n) is 5.97. The second-order valence-electron chi connectivity index (χ2n) is 4.04. The number of nitrogens with one attached hydrogen (secondary N) is 1. The van der Waals surface area contributed by atoms with E-state index in [4.69, 9.17) is 16.7 Å². The van der Waals surface area contributed by atoms with Gasteiger partial charge in [0.25, 0.3) is 0 Å². The third kappa shape index (κ3) is 3.89. The number of aliphatic hydroxyl groups excluding tert-OH is 1. The van der Waals surface area contributed by atoms with Crippen LogP contribution < -0.4 is 10.2 Å². The van der Waals surface area contributed by atoms with Gasteiger partial charge in [0.05, 0.1) is 23.9 Å². The Hall–Kier alpha value is -1.26. The van der Waals surface area contributed by atoms with Gasteiger partial charge < -0.3 is 15.3 Å². The number of rotatable bonds is 6. The number of hydrogen-bond donors (Lipinski definition) is 2. The van der Waals surface area contributed by atoms with Gasteiger partial charge in [0.2, 0.25) is 5.91 Å². The summed E-state index contributed by atoms with van der Waals surface area (Å²) in [4.78, 5) is 13.4. The summed E-state index contributed by atoms with van der Waals surface area (Å²) in [7, 11) is 1.61. The van der Waals surface area contributed by atoms with Gasteiger partial charge in [-0.1, -0.05) is 24.6 Å². The number of nitrogens with zero attached hydrogens (tertiary/aromatic N) is 1. The molecule has 0 aliphatic heterocycles. The third-order valence-electron chi connectivity index (χ3n) is 2.64.